The third-order valence-corrected chi connectivity index (χ3v) is 3.98. The summed E-state index contributed by atoms with van der Waals surface area (Å²) in [5.74, 6) is 0.347. The van der Waals surface area contributed by atoms with Crippen LogP contribution >= 0.6 is 0 Å². The van der Waals surface area contributed by atoms with Crippen molar-refractivity contribution < 1.29 is 4.79 Å². The van der Waals surface area contributed by atoms with Gasteiger partial charge in [0.05, 0.1) is 0 Å². The summed E-state index contributed by atoms with van der Waals surface area (Å²) in [4.78, 5) is 11.5. The van der Waals surface area contributed by atoms with Crippen molar-refractivity contribution in [3.8, 4) is 11.1 Å². The Balaban J connectivity index is 1.69. The lowest BCUT2D eigenvalue weighted by molar-refractivity contribution is -0.122. The Hall–Kier alpha value is -2.09. The second kappa shape index (κ2) is 5.49. The third-order valence-electron chi connectivity index (χ3n) is 3.98. The Labute approximate surface area is 119 Å². The summed E-state index contributed by atoms with van der Waals surface area (Å²) >= 11 is 0. The zero-order valence-corrected chi connectivity index (χ0v) is 11.7. The van der Waals surface area contributed by atoms with E-state index in [0.29, 0.717) is 6.04 Å². The molecule has 0 spiro atoms. The van der Waals surface area contributed by atoms with Crippen LogP contribution < -0.4 is 5.32 Å². The summed E-state index contributed by atoms with van der Waals surface area (Å²) in [5, 5.41) is 3.06. The first-order valence-electron chi connectivity index (χ1n) is 7.17. The number of rotatable bonds is 3. The normalized spacial score (nSPS) is 21.8. The molecule has 0 saturated carbocycles. The highest BCUT2D eigenvalue weighted by Gasteiger charge is 2.27. The van der Waals surface area contributed by atoms with E-state index in [4.69, 9.17) is 0 Å². The van der Waals surface area contributed by atoms with Gasteiger partial charge in [-0.3, -0.25) is 4.79 Å². The topological polar surface area (TPSA) is 29.1 Å². The van der Waals surface area contributed by atoms with E-state index in [1.165, 1.54) is 16.7 Å². The SMILES string of the molecule is CC1CC(Cc2ccc(-c3ccccc3)cc2)NC1=O. The number of amides is 1. The van der Waals surface area contributed by atoms with Crippen LogP contribution in [0.4, 0.5) is 0 Å². The van der Waals surface area contributed by atoms with Crippen LogP contribution in [0.1, 0.15) is 18.9 Å². The lowest BCUT2D eigenvalue weighted by Crippen LogP contribution is -2.27. The number of carbonyl (C=O) groups is 1. The molecule has 1 amide bonds. The maximum absolute atomic E-state index is 11.5. The molecule has 0 bridgehead atoms. The van der Waals surface area contributed by atoms with Crippen LogP contribution in [0.25, 0.3) is 11.1 Å². The van der Waals surface area contributed by atoms with Crippen molar-refractivity contribution in [3.05, 3.63) is 60.2 Å². The number of hydrogen-bond acceptors (Lipinski definition) is 1. The molecule has 2 atom stereocenters. The van der Waals surface area contributed by atoms with Crippen molar-refractivity contribution in [1.29, 1.82) is 0 Å². The largest absolute Gasteiger partial charge is 0.353 e. The molecule has 2 heteroatoms. The fourth-order valence-corrected chi connectivity index (χ4v) is 2.82. The fourth-order valence-electron chi connectivity index (χ4n) is 2.82. The summed E-state index contributed by atoms with van der Waals surface area (Å²) in [5.41, 5.74) is 3.75. The van der Waals surface area contributed by atoms with Gasteiger partial charge in [0.15, 0.2) is 0 Å². The average Bonchev–Trinajstić information content (AvgIpc) is 2.79. The zero-order chi connectivity index (χ0) is 13.9. The standard InChI is InChI=1S/C18H19NO/c1-13-11-17(19-18(13)20)12-14-7-9-16(10-8-14)15-5-3-2-4-6-15/h2-10,13,17H,11-12H2,1H3,(H,19,20). The van der Waals surface area contributed by atoms with Gasteiger partial charge >= 0.3 is 0 Å². The van der Waals surface area contributed by atoms with Crippen LogP contribution in [0, 0.1) is 5.92 Å². The smallest absolute Gasteiger partial charge is 0.223 e. The van der Waals surface area contributed by atoms with Crippen molar-refractivity contribution >= 4 is 5.91 Å². The maximum Gasteiger partial charge on any atom is 0.223 e. The molecule has 1 N–H and O–H groups in total. The second-order valence-electron chi connectivity index (χ2n) is 5.61. The van der Waals surface area contributed by atoms with Crippen molar-refractivity contribution in [2.75, 3.05) is 0 Å². The van der Waals surface area contributed by atoms with E-state index >= 15 is 0 Å². The molecule has 1 heterocycles. The van der Waals surface area contributed by atoms with Crippen LogP contribution in [-0.2, 0) is 11.2 Å². The Morgan fingerprint density at radius 1 is 1.00 bits per heavy atom. The van der Waals surface area contributed by atoms with E-state index in [2.05, 4.69) is 53.8 Å². The summed E-state index contributed by atoms with van der Waals surface area (Å²) in [6.45, 7) is 1.99. The Bertz CT molecular complexity index is 589. The fraction of sp³-hybridized carbons (Fsp3) is 0.278. The first kappa shape index (κ1) is 12.9. The molecule has 1 aliphatic rings. The molecule has 1 fully saturated rings. The molecule has 2 unspecified atom stereocenters. The Morgan fingerprint density at radius 3 is 2.25 bits per heavy atom. The maximum atomic E-state index is 11.5. The van der Waals surface area contributed by atoms with Crippen LogP contribution in [0.2, 0.25) is 0 Å². The van der Waals surface area contributed by atoms with Crippen molar-refractivity contribution in [2.24, 2.45) is 5.92 Å². The van der Waals surface area contributed by atoms with Crippen molar-refractivity contribution in [1.82, 2.24) is 5.32 Å². The number of nitrogens with one attached hydrogen (secondary N) is 1. The summed E-state index contributed by atoms with van der Waals surface area (Å²) < 4.78 is 0. The van der Waals surface area contributed by atoms with Crippen LogP contribution in [0.3, 0.4) is 0 Å². The monoisotopic (exact) mass is 265 g/mol. The van der Waals surface area contributed by atoms with Gasteiger partial charge in [-0.05, 0) is 29.5 Å². The molecule has 2 aromatic rings. The minimum absolute atomic E-state index is 0.156. The molecular weight excluding hydrogens is 246 g/mol. The minimum atomic E-state index is 0.156. The molecular formula is C18H19NO. The lowest BCUT2D eigenvalue weighted by atomic mass is 9.98. The van der Waals surface area contributed by atoms with Gasteiger partial charge in [0.2, 0.25) is 5.91 Å². The highest BCUT2D eigenvalue weighted by molar-refractivity contribution is 5.80. The van der Waals surface area contributed by atoms with Gasteiger partial charge in [0.1, 0.15) is 0 Å². The van der Waals surface area contributed by atoms with Crippen LogP contribution in [-0.4, -0.2) is 11.9 Å². The Kier molecular flexibility index (Phi) is 3.55. The first-order chi connectivity index (χ1) is 9.72. The van der Waals surface area contributed by atoms with Gasteiger partial charge in [-0.2, -0.15) is 0 Å². The quantitative estimate of drug-likeness (QED) is 0.905. The third kappa shape index (κ3) is 2.74. The molecule has 0 aromatic heterocycles. The van der Waals surface area contributed by atoms with Crippen LogP contribution in [0.5, 0.6) is 0 Å². The van der Waals surface area contributed by atoms with E-state index in [-0.39, 0.29) is 11.8 Å². The summed E-state index contributed by atoms with van der Waals surface area (Å²) in [6, 6.07) is 19.3. The van der Waals surface area contributed by atoms with Crippen molar-refractivity contribution in [2.45, 2.75) is 25.8 Å². The lowest BCUT2D eigenvalue weighted by Gasteiger charge is -2.10. The van der Waals surface area contributed by atoms with Gasteiger partial charge in [0.25, 0.3) is 0 Å². The number of benzene rings is 2. The molecule has 1 saturated heterocycles. The molecule has 2 aromatic carbocycles. The molecule has 0 radical (unpaired) electrons. The van der Waals surface area contributed by atoms with Gasteiger partial charge in [0, 0.05) is 12.0 Å². The first-order valence-corrected chi connectivity index (χ1v) is 7.17. The van der Waals surface area contributed by atoms with Crippen molar-refractivity contribution in [3.63, 3.8) is 0 Å². The molecule has 0 aliphatic carbocycles. The summed E-state index contributed by atoms with van der Waals surface area (Å²) in [6.07, 6.45) is 1.87. The van der Waals surface area contributed by atoms with Gasteiger partial charge in [-0.25, -0.2) is 0 Å². The predicted octanol–water partition coefficient (Wildman–Crippen LogP) is 3.42. The van der Waals surface area contributed by atoms with E-state index in [1.807, 2.05) is 13.0 Å². The predicted molar refractivity (Wildman–Crippen MR) is 81.3 cm³/mol. The summed E-state index contributed by atoms with van der Waals surface area (Å²) in [7, 11) is 0. The van der Waals surface area contributed by atoms with E-state index < -0.39 is 0 Å². The highest BCUT2D eigenvalue weighted by Crippen LogP contribution is 2.22. The van der Waals surface area contributed by atoms with Crippen LogP contribution in [0.15, 0.2) is 54.6 Å². The molecule has 102 valence electrons. The molecule has 3 rings (SSSR count). The molecule has 1 aliphatic heterocycles. The number of hydrogen-bond donors (Lipinski definition) is 1. The minimum Gasteiger partial charge on any atom is -0.353 e. The van der Waals surface area contributed by atoms with E-state index in [9.17, 15) is 4.79 Å². The van der Waals surface area contributed by atoms with Gasteiger partial charge in [-0.15, -0.1) is 0 Å². The molecule has 2 nitrogen and oxygen atoms in total. The Morgan fingerprint density at radius 2 is 1.65 bits per heavy atom. The highest BCUT2D eigenvalue weighted by atomic mass is 16.2. The average molecular weight is 265 g/mol. The van der Waals surface area contributed by atoms with E-state index in [1.54, 1.807) is 0 Å². The number of carbonyl (C=O) groups excluding carboxylic acids is 1. The zero-order valence-electron chi connectivity index (χ0n) is 11.7. The second-order valence-corrected chi connectivity index (χ2v) is 5.61. The van der Waals surface area contributed by atoms with Gasteiger partial charge in [-0.1, -0.05) is 61.5 Å². The van der Waals surface area contributed by atoms with E-state index in [0.717, 1.165) is 12.8 Å². The van der Waals surface area contributed by atoms with Gasteiger partial charge < -0.3 is 5.32 Å². The molecule has 20 heavy (non-hydrogen) atoms.